The Morgan fingerprint density at radius 2 is 2.17 bits per heavy atom. The van der Waals surface area contributed by atoms with Crippen LogP contribution >= 0.6 is 34.2 Å². The van der Waals surface area contributed by atoms with Crippen molar-refractivity contribution in [1.29, 1.82) is 0 Å². The van der Waals surface area contributed by atoms with Crippen LogP contribution in [0.25, 0.3) is 0 Å². The molecule has 0 unspecified atom stereocenters. The lowest BCUT2D eigenvalue weighted by atomic mass is 10.2. The number of H-pyrrole nitrogens is 1. The van der Waals surface area contributed by atoms with E-state index in [2.05, 4.69) is 9.97 Å². The molecule has 1 aromatic heterocycles. The van der Waals surface area contributed by atoms with Crippen molar-refractivity contribution in [2.45, 2.75) is 6.54 Å². The number of nitrogens with zero attached hydrogens (tertiary/aromatic N) is 2. The molecule has 0 saturated heterocycles. The first-order chi connectivity index (χ1) is 8.59. The molecule has 0 atom stereocenters. The summed E-state index contributed by atoms with van der Waals surface area (Å²) in [6.45, 7) is 0.603. The third kappa shape index (κ3) is 2.84. The number of nitrogens with one attached hydrogen (secondary N) is 1. The van der Waals surface area contributed by atoms with Gasteiger partial charge in [0.05, 0.1) is 6.33 Å². The van der Waals surface area contributed by atoms with E-state index in [1.165, 1.54) is 6.33 Å². The molecule has 0 aliphatic heterocycles. The van der Waals surface area contributed by atoms with E-state index in [0.717, 1.165) is 5.56 Å². The van der Waals surface area contributed by atoms with Crippen LogP contribution in [0.4, 0.5) is 5.82 Å². The van der Waals surface area contributed by atoms with Gasteiger partial charge in [-0.15, -0.1) is 0 Å². The lowest BCUT2D eigenvalue weighted by molar-refractivity contribution is 0.880. The van der Waals surface area contributed by atoms with Crippen LogP contribution in [0.5, 0.6) is 0 Å². The molecule has 2 rings (SSSR count). The Balaban J connectivity index is 2.28. The Bertz CT molecular complexity index is 614. The smallest absolute Gasteiger partial charge is 0.266 e. The number of aromatic amines is 1. The van der Waals surface area contributed by atoms with Crippen molar-refractivity contribution < 1.29 is 0 Å². The summed E-state index contributed by atoms with van der Waals surface area (Å²) in [4.78, 5) is 20.1. The number of anilines is 1. The molecule has 0 amide bonds. The summed E-state index contributed by atoms with van der Waals surface area (Å²) < 4.78 is 0.574. The topological polar surface area (TPSA) is 49.0 Å². The molecule has 1 N–H and O–H groups in total. The monoisotopic (exact) mass is 375 g/mol. The maximum atomic E-state index is 11.5. The Labute approximate surface area is 123 Å². The molecule has 1 aromatic carbocycles. The van der Waals surface area contributed by atoms with Crippen molar-refractivity contribution in [2.75, 3.05) is 11.9 Å². The molecule has 0 radical (unpaired) electrons. The molecule has 6 heteroatoms. The van der Waals surface area contributed by atoms with E-state index >= 15 is 0 Å². The van der Waals surface area contributed by atoms with Crippen molar-refractivity contribution in [3.8, 4) is 0 Å². The maximum absolute atomic E-state index is 11.5. The Morgan fingerprint density at radius 3 is 2.89 bits per heavy atom. The van der Waals surface area contributed by atoms with E-state index in [1.807, 2.05) is 58.8 Å². The second-order valence-electron chi connectivity index (χ2n) is 3.82. The zero-order valence-corrected chi connectivity index (χ0v) is 12.6. The summed E-state index contributed by atoms with van der Waals surface area (Å²) in [5.41, 5.74) is 0.867. The second-order valence-corrected chi connectivity index (χ2v) is 5.30. The van der Waals surface area contributed by atoms with Gasteiger partial charge in [-0.3, -0.25) is 4.79 Å². The van der Waals surface area contributed by atoms with Crippen molar-refractivity contribution in [3.63, 3.8) is 0 Å². The number of hydrogen-bond acceptors (Lipinski definition) is 3. The first-order valence-electron chi connectivity index (χ1n) is 5.27. The molecular weight excluding hydrogens is 365 g/mol. The highest BCUT2D eigenvalue weighted by molar-refractivity contribution is 14.1. The van der Waals surface area contributed by atoms with Gasteiger partial charge in [-0.05, 0) is 34.2 Å². The van der Waals surface area contributed by atoms with Crippen LogP contribution < -0.4 is 10.5 Å². The highest BCUT2D eigenvalue weighted by Crippen LogP contribution is 2.20. The lowest BCUT2D eigenvalue weighted by Gasteiger charge is -2.19. The minimum atomic E-state index is -0.133. The fourth-order valence-corrected chi connectivity index (χ4v) is 2.50. The van der Waals surface area contributed by atoms with Crippen LogP contribution in [0.1, 0.15) is 5.56 Å². The van der Waals surface area contributed by atoms with E-state index in [4.69, 9.17) is 11.6 Å². The molecule has 0 saturated carbocycles. The highest BCUT2D eigenvalue weighted by atomic mass is 127. The lowest BCUT2D eigenvalue weighted by Crippen LogP contribution is -2.23. The molecule has 1 heterocycles. The summed E-state index contributed by atoms with van der Waals surface area (Å²) in [6, 6.07) is 7.63. The average molecular weight is 376 g/mol. The summed E-state index contributed by atoms with van der Waals surface area (Å²) in [6.07, 6.45) is 1.41. The standard InChI is InChI=1S/C12H11ClIN3O/c1-17(6-8-4-2-3-5-9(8)13)11-10(14)12(18)16-7-15-11/h2-5,7H,6H2,1H3,(H,15,16,18). The van der Waals surface area contributed by atoms with E-state index < -0.39 is 0 Å². The molecule has 0 fully saturated rings. The number of rotatable bonds is 3. The predicted molar refractivity (Wildman–Crippen MR) is 81.1 cm³/mol. The van der Waals surface area contributed by atoms with Gasteiger partial charge in [0.25, 0.3) is 5.56 Å². The number of halogens is 2. The van der Waals surface area contributed by atoms with Crippen LogP contribution in [0.2, 0.25) is 5.02 Å². The Hall–Kier alpha value is -1.08. The third-order valence-electron chi connectivity index (χ3n) is 2.51. The van der Waals surface area contributed by atoms with E-state index in [1.54, 1.807) is 0 Å². The number of hydrogen-bond donors (Lipinski definition) is 1. The van der Waals surface area contributed by atoms with Gasteiger partial charge >= 0.3 is 0 Å². The van der Waals surface area contributed by atoms with Crippen LogP contribution in [-0.2, 0) is 6.54 Å². The Morgan fingerprint density at radius 1 is 1.44 bits per heavy atom. The van der Waals surface area contributed by atoms with Gasteiger partial charge in [-0.1, -0.05) is 29.8 Å². The zero-order chi connectivity index (χ0) is 13.1. The van der Waals surface area contributed by atoms with Crippen molar-refractivity contribution in [1.82, 2.24) is 9.97 Å². The largest absolute Gasteiger partial charge is 0.354 e. The van der Waals surface area contributed by atoms with E-state index in [0.29, 0.717) is 21.0 Å². The van der Waals surface area contributed by atoms with Crippen molar-refractivity contribution >= 4 is 40.0 Å². The Kier molecular flexibility index (Phi) is 4.23. The van der Waals surface area contributed by atoms with E-state index in [9.17, 15) is 4.79 Å². The SMILES string of the molecule is CN(Cc1ccccc1Cl)c1nc[nH]c(=O)c1I. The zero-order valence-electron chi connectivity index (χ0n) is 9.65. The molecule has 18 heavy (non-hydrogen) atoms. The minimum Gasteiger partial charge on any atom is -0.354 e. The molecule has 0 spiro atoms. The van der Waals surface area contributed by atoms with Crippen LogP contribution in [0.3, 0.4) is 0 Å². The van der Waals surface area contributed by atoms with Gasteiger partial charge in [0.15, 0.2) is 0 Å². The predicted octanol–water partition coefficient (Wildman–Crippen LogP) is 2.66. The molecule has 0 aliphatic rings. The van der Waals surface area contributed by atoms with Crippen LogP contribution in [-0.4, -0.2) is 17.0 Å². The molecular formula is C12H11ClIN3O. The average Bonchev–Trinajstić information content (AvgIpc) is 2.35. The highest BCUT2D eigenvalue weighted by Gasteiger charge is 2.11. The van der Waals surface area contributed by atoms with Gasteiger partial charge in [-0.25, -0.2) is 4.98 Å². The molecule has 0 bridgehead atoms. The second kappa shape index (κ2) is 5.71. The minimum absolute atomic E-state index is 0.133. The summed E-state index contributed by atoms with van der Waals surface area (Å²) in [5.74, 6) is 0.652. The number of aromatic nitrogens is 2. The normalized spacial score (nSPS) is 10.4. The van der Waals surface area contributed by atoms with Gasteiger partial charge in [-0.2, -0.15) is 0 Å². The maximum Gasteiger partial charge on any atom is 0.266 e. The van der Waals surface area contributed by atoms with Crippen molar-refractivity contribution in [2.24, 2.45) is 0 Å². The van der Waals surface area contributed by atoms with Gasteiger partial charge < -0.3 is 9.88 Å². The molecule has 94 valence electrons. The van der Waals surface area contributed by atoms with Gasteiger partial charge in [0, 0.05) is 18.6 Å². The fraction of sp³-hybridized carbons (Fsp3) is 0.167. The molecule has 0 aliphatic carbocycles. The quantitative estimate of drug-likeness (QED) is 0.839. The summed E-state index contributed by atoms with van der Waals surface area (Å²) in [5, 5.41) is 0.712. The third-order valence-corrected chi connectivity index (χ3v) is 3.85. The van der Waals surface area contributed by atoms with E-state index in [-0.39, 0.29) is 5.56 Å². The molecule has 4 nitrogen and oxygen atoms in total. The number of benzene rings is 1. The fourth-order valence-electron chi connectivity index (χ4n) is 1.60. The first kappa shape index (κ1) is 13.4. The van der Waals surface area contributed by atoms with Crippen molar-refractivity contribution in [3.05, 3.63) is 55.1 Å². The molecule has 2 aromatic rings. The van der Waals surface area contributed by atoms with Gasteiger partial charge in [0.1, 0.15) is 9.39 Å². The van der Waals surface area contributed by atoms with Gasteiger partial charge in [0.2, 0.25) is 0 Å². The van der Waals surface area contributed by atoms with Crippen LogP contribution in [0, 0.1) is 3.57 Å². The summed E-state index contributed by atoms with van der Waals surface area (Å²) in [7, 11) is 1.88. The summed E-state index contributed by atoms with van der Waals surface area (Å²) >= 11 is 8.10. The van der Waals surface area contributed by atoms with Crippen LogP contribution in [0.15, 0.2) is 35.4 Å². The first-order valence-corrected chi connectivity index (χ1v) is 6.73.